The van der Waals surface area contributed by atoms with Gasteiger partial charge >= 0.3 is 0 Å². The summed E-state index contributed by atoms with van der Waals surface area (Å²) in [6.45, 7) is 1.98. The Labute approximate surface area is 141 Å². The number of rotatable bonds is 4. The van der Waals surface area contributed by atoms with Crippen molar-refractivity contribution in [3.63, 3.8) is 0 Å². The zero-order valence-corrected chi connectivity index (χ0v) is 15.0. The number of hydrogen-bond acceptors (Lipinski definition) is 5. The average Bonchev–Trinajstić information content (AvgIpc) is 2.33. The van der Waals surface area contributed by atoms with Crippen molar-refractivity contribution in [3.8, 4) is 11.5 Å². The highest BCUT2D eigenvalue weighted by Gasteiger charge is 2.07. The summed E-state index contributed by atoms with van der Waals surface area (Å²) in [7, 11) is 1.48. The van der Waals surface area contributed by atoms with Crippen LogP contribution in [0.25, 0.3) is 0 Å². The molecule has 19 heavy (non-hydrogen) atoms. The molecule has 8 heteroatoms. The number of hydrogen-bond donors (Lipinski definition) is 2. The monoisotopic (exact) mass is 458 g/mol. The van der Waals surface area contributed by atoms with Crippen molar-refractivity contribution < 1.29 is 33.8 Å². The summed E-state index contributed by atoms with van der Waals surface area (Å²) >= 11 is 4.65. The van der Waals surface area contributed by atoms with E-state index >= 15 is 0 Å². The molecule has 0 bridgehead atoms. The topological polar surface area (TPSA) is 80.2 Å². The van der Waals surface area contributed by atoms with Crippen LogP contribution in [-0.2, 0) is 0 Å². The number of methoxy groups -OCH3 is 1. The highest BCUT2D eigenvalue weighted by Crippen LogP contribution is 2.34. The summed E-state index contributed by atoms with van der Waals surface area (Å²) in [4.78, 5) is 0. The number of ether oxygens (including phenoxy) is 1. The van der Waals surface area contributed by atoms with Gasteiger partial charge in [-0.15, -0.1) is 5.10 Å². The van der Waals surface area contributed by atoms with Gasteiger partial charge in [0.25, 0.3) is 0 Å². The molecule has 0 aliphatic heterocycles. The first-order valence-corrected chi connectivity index (χ1v) is 6.92. The molecule has 0 amide bonds. The fourth-order valence-electron chi connectivity index (χ4n) is 1.15. The Morgan fingerprint density at radius 3 is 2.84 bits per heavy atom. The van der Waals surface area contributed by atoms with Crippen LogP contribution in [0, 0.1) is 0 Å². The molecule has 0 radical (unpaired) electrons. The number of phenols is 1. The van der Waals surface area contributed by atoms with Crippen LogP contribution in [-0.4, -0.2) is 29.4 Å². The number of aromatic hydroxyl groups is 1. The first-order chi connectivity index (χ1) is 8.58. The molecule has 1 aromatic carbocycles. The summed E-state index contributed by atoms with van der Waals surface area (Å²) in [5.41, 5.74) is 6.33. The number of benzene rings is 1. The third-order valence-corrected chi connectivity index (χ3v) is 3.20. The van der Waals surface area contributed by atoms with Gasteiger partial charge < -0.3 is 39.6 Å². The number of nitrogens with zero attached hydrogens (tertiary/aromatic N) is 2. The van der Waals surface area contributed by atoms with Gasteiger partial charge in [0.1, 0.15) is 0 Å². The SMILES string of the molecule is CCS/C(N)=N/N=C/c1cc(Br)c(O)c(OC)c1.[I-]. The van der Waals surface area contributed by atoms with E-state index in [9.17, 15) is 5.11 Å². The highest BCUT2D eigenvalue weighted by molar-refractivity contribution is 9.10. The quantitative estimate of drug-likeness (QED) is 0.277. The van der Waals surface area contributed by atoms with Crippen molar-refractivity contribution in [2.24, 2.45) is 15.9 Å². The minimum absolute atomic E-state index is 0. The molecule has 0 aliphatic rings. The van der Waals surface area contributed by atoms with E-state index in [1.165, 1.54) is 25.1 Å². The van der Waals surface area contributed by atoms with E-state index in [0.29, 0.717) is 15.4 Å². The minimum atomic E-state index is 0. The molecule has 1 rings (SSSR count). The van der Waals surface area contributed by atoms with Gasteiger partial charge in [0, 0.05) is 0 Å². The first-order valence-electron chi connectivity index (χ1n) is 5.14. The predicted octanol–water partition coefficient (Wildman–Crippen LogP) is -0.431. The summed E-state index contributed by atoms with van der Waals surface area (Å²) in [6, 6.07) is 3.36. The molecule has 0 fully saturated rings. The van der Waals surface area contributed by atoms with E-state index in [1.807, 2.05) is 6.92 Å². The predicted molar refractivity (Wildman–Crippen MR) is 79.7 cm³/mol. The maximum atomic E-state index is 9.64. The van der Waals surface area contributed by atoms with Gasteiger partial charge in [0.2, 0.25) is 0 Å². The van der Waals surface area contributed by atoms with E-state index in [2.05, 4.69) is 26.1 Å². The third-order valence-electron chi connectivity index (χ3n) is 1.93. The van der Waals surface area contributed by atoms with E-state index in [0.717, 1.165) is 11.3 Å². The van der Waals surface area contributed by atoms with Gasteiger partial charge in [-0.1, -0.05) is 18.7 Å². The number of amidine groups is 1. The molecule has 0 aliphatic carbocycles. The Hall–Kier alpha value is -0.480. The number of halogens is 2. The van der Waals surface area contributed by atoms with Gasteiger partial charge in [0.15, 0.2) is 16.7 Å². The van der Waals surface area contributed by atoms with E-state index in [1.54, 1.807) is 12.1 Å². The van der Waals surface area contributed by atoms with Crippen LogP contribution in [0.5, 0.6) is 11.5 Å². The average molecular weight is 459 g/mol. The zero-order valence-electron chi connectivity index (χ0n) is 10.4. The van der Waals surface area contributed by atoms with Crippen molar-refractivity contribution in [1.82, 2.24) is 0 Å². The van der Waals surface area contributed by atoms with Gasteiger partial charge in [-0.3, -0.25) is 0 Å². The van der Waals surface area contributed by atoms with Gasteiger partial charge in [-0.05, 0) is 39.4 Å². The Morgan fingerprint density at radius 2 is 2.26 bits per heavy atom. The summed E-state index contributed by atoms with van der Waals surface area (Å²) in [5, 5.41) is 17.7. The second-order valence-corrected chi connectivity index (χ2v) is 5.31. The maximum Gasteiger partial charge on any atom is 0.180 e. The van der Waals surface area contributed by atoms with Crippen molar-refractivity contribution in [2.75, 3.05) is 12.9 Å². The van der Waals surface area contributed by atoms with Gasteiger partial charge in [-0.2, -0.15) is 5.10 Å². The fraction of sp³-hybridized carbons (Fsp3) is 0.273. The van der Waals surface area contributed by atoms with Crippen LogP contribution in [0.4, 0.5) is 0 Å². The Kier molecular flexibility index (Phi) is 9.19. The Bertz CT molecular complexity index is 483. The standard InChI is InChI=1S/C11H14BrN3O2S.HI/c1-3-18-11(13)15-14-6-7-4-8(12)10(16)9(5-7)17-2;/h4-6,16H,3H2,1-2H3,(H2,13,15);1H/p-1/b14-6+;. The zero-order chi connectivity index (χ0) is 13.5. The number of phenolic OH excluding ortho intramolecular Hbond substituents is 1. The van der Waals surface area contributed by atoms with Crippen LogP contribution in [0.15, 0.2) is 26.8 Å². The minimum Gasteiger partial charge on any atom is -1.00 e. The molecule has 0 unspecified atom stereocenters. The molecule has 0 aromatic heterocycles. The second-order valence-electron chi connectivity index (χ2n) is 3.17. The lowest BCUT2D eigenvalue weighted by atomic mass is 10.2. The van der Waals surface area contributed by atoms with Crippen molar-refractivity contribution in [2.45, 2.75) is 6.92 Å². The summed E-state index contributed by atoms with van der Waals surface area (Å²) < 4.78 is 5.56. The number of thioether (sulfide) groups is 1. The molecule has 5 nitrogen and oxygen atoms in total. The molecule has 1 aromatic rings. The summed E-state index contributed by atoms with van der Waals surface area (Å²) in [6.07, 6.45) is 1.54. The molecule has 0 heterocycles. The van der Waals surface area contributed by atoms with Crippen LogP contribution < -0.4 is 34.4 Å². The molecule has 0 atom stereocenters. The molecule has 0 saturated carbocycles. The van der Waals surface area contributed by atoms with Crippen molar-refractivity contribution in [1.29, 1.82) is 0 Å². The summed E-state index contributed by atoms with van der Waals surface area (Å²) in [5.74, 6) is 1.27. The molecular weight excluding hydrogens is 445 g/mol. The van der Waals surface area contributed by atoms with Gasteiger partial charge in [-0.25, -0.2) is 0 Å². The molecule has 3 N–H and O–H groups in total. The van der Waals surface area contributed by atoms with Gasteiger partial charge in [0.05, 0.1) is 17.8 Å². The van der Waals surface area contributed by atoms with E-state index in [4.69, 9.17) is 10.5 Å². The first kappa shape index (κ1) is 18.5. The van der Waals surface area contributed by atoms with Crippen LogP contribution in [0.2, 0.25) is 0 Å². The Balaban J connectivity index is 0.00000324. The molecular formula is C11H14BrIN3O2S-. The van der Waals surface area contributed by atoms with Crippen LogP contribution >= 0.6 is 27.7 Å². The third kappa shape index (κ3) is 6.00. The molecule has 106 valence electrons. The lowest BCUT2D eigenvalue weighted by molar-refractivity contribution is -0.00000484. The maximum absolute atomic E-state index is 9.64. The fourth-order valence-corrected chi connectivity index (χ4v) is 2.01. The lowest BCUT2D eigenvalue weighted by Gasteiger charge is -2.05. The molecule has 0 spiro atoms. The highest BCUT2D eigenvalue weighted by atomic mass is 127. The Morgan fingerprint density at radius 1 is 1.58 bits per heavy atom. The normalized spacial score (nSPS) is 11.4. The lowest BCUT2D eigenvalue weighted by Crippen LogP contribution is -3.00. The number of nitrogens with two attached hydrogens (primary N) is 1. The molecule has 0 saturated heterocycles. The second kappa shape index (κ2) is 9.43. The van der Waals surface area contributed by atoms with Crippen LogP contribution in [0.3, 0.4) is 0 Å². The van der Waals surface area contributed by atoms with Crippen molar-refractivity contribution in [3.05, 3.63) is 22.2 Å². The largest absolute Gasteiger partial charge is 1.00 e. The van der Waals surface area contributed by atoms with E-state index in [-0.39, 0.29) is 29.7 Å². The van der Waals surface area contributed by atoms with Crippen molar-refractivity contribution >= 4 is 39.1 Å². The smallest absolute Gasteiger partial charge is 0.180 e. The van der Waals surface area contributed by atoms with E-state index < -0.39 is 0 Å². The van der Waals surface area contributed by atoms with Crippen LogP contribution in [0.1, 0.15) is 12.5 Å².